The summed E-state index contributed by atoms with van der Waals surface area (Å²) in [4.78, 5) is 2.54. The van der Waals surface area contributed by atoms with Crippen LogP contribution in [0, 0.1) is 41.5 Å². The molecule has 0 heterocycles. The van der Waals surface area contributed by atoms with Crippen molar-refractivity contribution < 1.29 is 35.4 Å². The molecule has 6 rings (SSSR count). The Hall–Kier alpha value is -4.31. The van der Waals surface area contributed by atoms with E-state index in [1.807, 2.05) is 72.8 Å². The van der Waals surface area contributed by atoms with Gasteiger partial charge in [0, 0.05) is 30.7 Å². The molecule has 0 aliphatic rings. The van der Waals surface area contributed by atoms with Crippen LogP contribution in [0.5, 0.6) is 23.0 Å². The van der Waals surface area contributed by atoms with Crippen molar-refractivity contribution in [3.8, 4) is 23.0 Å². The molecule has 9 heteroatoms. The first-order valence-electron chi connectivity index (χ1n) is 19.8. The Morgan fingerprint density at radius 2 is 0.754 bits per heavy atom. The molecule has 6 aromatic carbocycles. The Kier molecular flexibility index (Phi) is 19.2. The summed E-state index contributed by atoms with van der Waals surface area (Å²) in [7, 11) is 3.41. The molecule has 61 heavy (non-hydrogen) atoms. The minimum atomic E-state index is 0. The fraction of sp³-hybridized carbons (Fsp3) is 0.231. The molecule has 0 atom stereocenters. The van der Waals surface area contributed by atoms with Crippen LogP contribution >= 0.6 is 0 Å². The molecule has 0 bridgehead atoms. The van der Waals surface area contributed by atoms with E-state index >= 15 is 0 Å². The van der Waals surface area contributed by atoms with Gasteiger partial charge in [-0.05, 0) is 134 Å². The van der Waals surface area contributed by atoms with Crippen LogP contribution in [-0.2, 0) is 89.3 Å². The second-order valence-electron chi connectivity index (χ2n) is 14.9. The maximum absolute atomic E-state index is 6.41. The zero-order valence-electron chi connectivity index (χ0n) is 36.0. The van der Waals surface area contributed by atoms with E-state index in [0.29, 0.717) is 32.8 Å². The van der Waals surface area contributed by atoms with Crippen molar-refractivity contribution in [2.75, 3.05) is 27.4 Å². The summed E-state index contributed by atoms with van der Waals surface area (Å²) in [5.74, 6) is 3.16. The zero-order chi connectivity index (χ0) is 43.3. The quantitative estimate of drug-likeness (QED) is 0.0608. The van der Waals surface area contributed by atoms with E-state index in [2.05, 4.69) is 90.1 Å². The Balaban J connectivity index is 0.000000264. The predicted octanol–water partition coefficient (Wildman–Crippen LogP) is 13.0. The zero-order valence-corrected chi connectivity index (χ0v) is 40.2. The number of methoxy groups -OCH3 is 2. The average molecular weight is 928 g/mol. The average Bonchev–Trinajstić information content (AvgIpc) is 3.24. The number of benzene rings is 6. The van der Waals surface area contributed by atoms with Gasteiger partial charge in [-0.25, -0.2) is 0 Å². The van der Waals surface area contributed by atoms with Crippen LogP contribution in [0.2, 0.25) is 0 Å². The van der Waals surface area contributed by atoms with Crippen molar-refractivity contribution in [1.29, 1.82) is 0 Å². The summed E-state index contributed by atoms with van der Waals surface area (Å²) in [6.07, 6.45) is 1.60. The molecule has 4 nitrogen and oxygen atoms in total. The van der Waals surface area contributed by atoms with Crippen LogP contribution in [0.25, 0.3) is 19.6 Å². The third-order valence-electron chi connectivity index (χ3n) is 9.88. The van der Waals surface area contributed by atoms with Crippen molar-refractivity contribution in [3.05, 3.63) is 188 Å². The fourth-order valence-electron chi connectivity index (χ4n) is 7.00. The predicted molar refractivity (Wildman–Crippen MR) is 261 cm³/mol. The molecule has 0 fully saturated rings. The van der Waals surface area contributed by atoms with E-state index in [1.54, 1.807) is 14.2 Å². The summed E-state index contributed by atoms with van der Waals surface area (Å²) < 4.78 is 23.3. The maximum atomic E-state index is 6.41. The first-order chi connectivity index (χ1) is 28.8. The van der Waals surface area contributed by atoms with Gasteiger partial charge in [0.2, 0.25) is 0 Å². The van der Waals surface area contributed by atoms with Crippen LogP contribution in [0.1, 0.15) is 66.8 Å². The van der Waals surface area contributed by atoms with E-state index < -0.39 is 0 Å². The first-order valence-corrected chi connectivity index (χ1v) is 21.5. The SMILES string of the molecule is COCCc1ccc(Oc2c(C)cc(C)cc2C)c(/C([S-])=C(/[S-])c2ccccc2)c1.COCCc1ccc(Oc2c(C)cc(C)cc2C)c(/C([S-])=C(/[S-])c2ccccc2)c1.[Ni]. The second-order valence-corrected chi connectivity index (χ2v) is 16.5. The van der Waals surface area contributed by atoms with Crippen molar-refractivity contribution in [3.63, 3.8) is 0 Å². The van der Waals surface area contributed by atoms with Crippen molar-refractivity contribution in [2.45, 2.75) is 54.4 Å². The Bertz CT molecular complexity index is 2250. The second kappa shape index (κ2) is 23.8. The first kappa shape index (κ1) is 49.4. The fourth-order valence-corrected chi connectivity index (χ4v) is 8.05. The third-order valence-corrected chi connectivity index (χ3v) is 11.9. The van der Waals surface area contributed by atoms with E-state index in [4.69, 9.17) is 69.5 Å². The van der Waals surface area contributed by atoms with Gasteiger partial charge in [0.25, 0.3) is 0 Å². The molecule has 0 radical (unpaired) electrons. The molecule has 0 saturated heterocycles. The summed E-state index contributed by atoms with van der Waals surface area (Å²) in [6.45, 7) is 13.7. The van der Waals surface area contributed by atoms with Gasteiger partial charge in [0.15, 0.2) is 0 Å². The van der Waals surface area contributed by atoms with E-state index in [-0.39, 0.29) is 16.5 Å². The minimum absolute atomic E-state index is 0. The largest absolute Gasteiger partial charge is 0.780 e. The van der Waals surface area contributed by atoms with Gasteiger partial charge >= 0.3 is 0 Å². The maximum Gasteiger partial charge on any atom is 0.133 e. The number of hydrogen-bond acceptors (Lipinski definition) is 8. The van der Waals surface area contributed by atoms with Crippen LogP contribution in [0.4, 0.5) is 0 Å². The van der Waals surface area contributed by atoms with Crippen molar-refractivity contribution in [1.82, 2.24) is 0 Å². The molecule has 322 valence electrons. The molecular weight excluding hydrogens is 876 g/mol. The summed E-state index contributed by atoms with van der Waals surface area (Å²) in [5, 5.41) is 0. The molecule has 0 aliphatic heterocycles. The smallest absolute Gasteiger partial charge is 0.133 e. The number of aryl methyl sites for hydroxylation is 6. The molecule has 0 N–H and O–H groups in total. The Morgan fingerprint density at radius 3 is 1.07 bits per heavy atom. The van der Waals surface area contributed by atoms with Gasteiger partial charge in [0.05, 0.1) is 13.2 Å². The summed E-state index contributed by atoms with van der Waals surface area (Å²) in [6, 6.07) is 40.5. The topological polar surface area (TPSA) is 36.9 Å². The number of hydrogen-bond donors (Lipinski definition) is 0. The molecule has 6 aromatic rings. The van der Waals surface area contributed by atoms with E-state index in [0.717, 1.165) is 91.5 Å². The molecular formula is C52H52NiO4S4-4. The van der Waals surface area contributed by atoms with Gasteiger partial charge < -0.3 is 69.5 Å². The third kappa shape index (κ3) is 13.3. The van der Waals surface area contributed by atoms with E-state index in [9.17, 15) is 0 Å². The van der Waals surface area contributed by atoms with E-state index in [1.165, 1.54) is 11.1 Å². The molecule has 0 saturated carbocycles. The molecule has 0 unspecified atom stereocenters. The van der Waals surface area contributed by atoms with Gasteiger partial charge in [-0.3, -0.25) is 0 Å². The molecule has 0 amide bonds. The molecule has 0 spiro atoms. The summed E-state index contributed by atoms with van der Waals surface area (Å²) in [5.41, 5.74) is 12.6. The Labute approximate surface area is 395 Å². The number of ether oxygens (including phenoxy) is 4. The van der Waals surface area contributed by atoms with Crippen molar-refractivity contribution in [2.24, 2.45) is 0 Å². The Morgan fingerprint density at radius 1 is 0.426 bits per heavy atom. The standard InChI is InChI=1S/2C26H28O2S2.Ni/c2*1-17-14-18(2)24(19(3)15-17)28-23-11-10-20(12-13-27-4)16-22(23)26(30)25(29)21-8-6-5-7-9-21;/h2*5-11,14-16,29-30H,12-13H2,1-4H3;/p-4/b2*26-25-;. The number of rotatable bonds is 14. The van der Waals surface area contributed by atoms with Gasteiger partial charge in [-0.2, -0.15) is 19.6 Å². The normalized spacial score (nSPS) is 11.7. The van der Waals surface area contributed by atoms with Crippen LogP contribution in [0.3, 0.4) is 0 Å². The van der Waals surface area contributed by atoms with Crippen molar-refractivity contribution >= 4 is 70.1 Å². The minimum Gasteiger partial charge on any atom is -0.780 e. The van der Waals surface area contributed by atoms with Crippen LogP contribution < -0.4 is 9.47 Å². The van der Waals surface area contributed by atoms with Crippen LogP contribution in [-0.4, -0.2) is 27.4 Å². The molecule has 0 aliphatic carbocycles. The van der Waals surface area contributed by atoms with Gasteiger partial charge in [-0.1, -0.05) is 108 Å². The van der Waals surface area contributed by atoms with Crippen LogP contribution in [0.15, 0.2) is 121 Å². The van der Waals surface area contributed by atoms with Gasteiger partial charge in [-0.15, -0.1) is 0 Å². The molecule has 0 aromatic heterocycles. The summed E-state index contributed by atoms with van der Waals surface area (Å²) >= 11 is 23.1. The monoisotopic (exact) mass is 926 g/mol. The van der Waals surface area contributed by atoms with Gasteiger partial charge in [0.1, 0.15) is 23.0 Å².